The van der Waals surface area contributed by atoms with Gasteiger partial charge in [-0.1, -0.05) is 41.6 Å². The van der Waals surface area contributed by atoms with Gasteiger partial charge in [0.2, 0.25) is 0 Å². The largest absolute Gasteiger partial charge is 0.497 e. The summed E-state index contributed by atoms with van der Waals surface area (Å²) in [5.74, 6) is 1.37. The molecule has 1 aromatic heterocycles. The second kappa shape index (κ2) is 6.36. The molecule has 3 rings (SSSR count). The van der Waals surface area contributed by atoms with Crippen LogP contribution in [0.2, 0.25) is 0 Å². The van der Waals surface area contributed by atoms with Gasteiger partial charge in [0, 0.05) is 0 Å². The monoisotopic (exact) mass is 295 g/mol. The van der Waals surface area contributed by atoms with Crippen molar-refractivity contribution in [3.8, 4) is 16.9 Å². The number of hydrogen-bond acceptors (Lipinski definition) is 5. The number of aromatic nitrogens is 4. The highest BCUT2D eigenvalue weighted by Gasteiger charge is 2.11. The number of tetrazole rings is 1. The fourth-order valence-electron chi connectivity index (χ4n) is 2.31. The average Bonchev–Trinajstić information content (AvgIpc) is 3.10. The summed E-state index contributed by atoms with van der Waals surface area (Å²) in [5, 5.41) is 13.8. The van der Waals surface area contributed by atoms with Gasteiger partial charge in [0.05, 0.1) is 13.2 Å². The van der Waals surface area contributed by atoms with Crippen LogP contribution in [0.25, 0.3) is 11.1 Å². The molecule has 6 nitrogen and oxygen atoms in total. The average molecular weight is 295 g/mol. The maximum absolute atomic E-state index is 6.06. The van der Waals surface area contributed by atoms with Gasteiger partial charge in [0.25, 0.3) is 0 Å². The molecule has 3 N–H and O–H groups in total. The molecule has 0 unspecified atom stereocenters. The van der Waals surface area contributed by atoms with Gasteiger partial charge in [-0.25, -0.2) is 0 Å². The quantitative estimate of drug-likeness (QED) is 0.752. The lowest BCUT2D eigenvalue weighted by molar-refractivity contribution is 0.415. The fourth-order valence-corrected chi connectivity index (χ4v) is 2.31. The maximum atomic E-state index is 6.06. The topological polar surface area (TPSA) is 89.7 Å². The Morgan fingerprint density at radius 1 is 1.14 bits per heavy atom. The van der Waals surface area contributed by atoms with E-state index in [-0.39, 0.29) is 6.04 Å². The summed E-state index contributed by atoms with van der Waals surface area (Å²) in [5.41, 5.74) is 9.44. The van der Waals surface area contributed by atoms with Gasteiger partial charge in [-0.05, 0) is 35.2 Å². The highest BCUT2D eigenvalue weighted by atomic mass is 16.5. The molecule has 0 aliphatic rings. The summed E-state index contributed by atoms with van der Waals surface area (Å²) in [7, 11) is 1.67. The number of rotatable bonds is 5. The van der Waals surface area contributed by atoms with Crippen LogP contribution < -0.4 is 10.5 Å². The zero-order valence-corrected chi connectivity index (χ0v) is 12.2. The molecule has 2 aromatic carbocycles. The van der Waals surface area contributed by atoms with Crippen LogP contribution in [0, 0.1) is 0 Å². The van der Waals surface area contributed by atoms with Crippen molar-refractivity contribution in [1.29, 1.82) is 0 Å². The van der Waals surface area contributed by atoms with Crippen molar-refractivity contribution in [2.45, 2.75) is 12.5 Å². The first kappa shape index (κ1) is 14.2. The Morgan fingerprint density at radius 3 is 2.64 bits per heavy atom. The van der Waals surface area contributed by atoms with E-state index in [9.17, 15) is 0 Å². The molecule has 0 bridgehead atoms. The number of nitrogens with two attached hydrogens (primary N) is 1. The molecule has 0 fully saturated rings. The third-order valence-corrected chi connectivity index (χ3v) is 3.51. The van der Waals surface area contributed by atoms with Crippen LogP contribution in [-0.2, 0) is 6.42 Å². The molecule has 0 spiro atoms. The van der Waals surface area contributed by atoms with Crippen LogP contribution in [0.15, 0.2) is 48.5 Å². The molecule has 22 heavy (non-hydrogen) atoms. The van der Waals surface area contributed by atoms with E-state index in [1.54, 1.807) is 7.11 Å². The molecule has 1 heterocycles. The highest BCUT2D eigenvalue weighted by Crippen LogP contribution is 2.24. The standard InChI is InChI=1S/C16H17N5O/c1-22-14-4-2-3-13(10-14)12-7-5-11(6-8-12)9-15(17)16-18-20-21-19-16/h2-8,10,15H,9,17H2,1H3,(H,18,19,20,21)/t15-/m0/s1. The predicted octanol–water partition coefficient (Wildman–Crippen LogP) is 2.12. The first-order chi connectivity index (χ1) is 10.8. The molecule has 0 amide bonds. The van der Waals surface area contributed by atoms with Gasteiger partial charge < -0.3 is 10.5 Å². The van der Waals surface area contributed by atoms with E-state index in [4.69, 9.17) is 10.5 Å². The minimum Gasteiger partial charge on any atom is -0.497 e. The van der Waals surface area contributed by atoms with E-state index in [2.05, 4.69) is 51.0 Å². The van der Waals surface area contributed by atoms with E-state index in [0.29, 0.717) is 12.2 Å². The first-order valence-corrected chi connectivity index (χ1v) is 6.98. The molecular formula is C16H17N5O. The van der Waals surface area contributed by atoms with Crippen molar-refractivity contribution in [3.05, 3.63) is 59.9 Å². The summed E-state index contributed by atoms with van der Waals surface area (Å²) in [6.45, 7) is 0. The van der Waals surface area contributed by atoms with Crippen LogP contribution in [-0.4, -0.2) is 27.7 Å². The minimum atomic E-state index is -0.263. The first-order valence-electron chi connectivity index (χ1n) is 6.98. The van der Waals surface area contributed by atoms with Crippen molar-refractivity contribution >= 4 is 0 Å². The van der Waals surface area contributed by atoms with Crippen LogP contribution in [0.3, 0.4) is 0 Å². The zero-order chi connectivity index (χ0) is 15.4. The number of benzene rings is 2. The van der Waals surface area contributed by atoms with Gasteiger partial charge in [-0.2, -0.15) is 5.21 Å². The number of hydrogen-bond donors (Lipinski definition) is 2. The third-order valence-electron chi connectivity index (χ3n) is 3.51. The molecular weight excluding hydrogens is 278 g/mol. The third kappa shape index (κ3) is 3.12. The highest BCUT2D eigenvalue weighted by molar-refractivity contribution is 5.65. The molecule has 0 radical (unpaired) electrons. The Morgan fingerprint density at radius 2 is 1.95 bits per heavy atom. The lowest BCUT2D eigenvalue weighted by atomic mass is 10.0. The molecule has 0 saturated heterocycles. The molecule has 112 valence electrons. The lowest BCUT2D eigenvalue weighted by Crippen LogP contribution is -2.15. The SMILES string of the molecule is COc1cccc(-c2ccc(C[C@H](N)c3nn[nH]n3)cc2)c1. The summed E-state index contributed by atoms with van der Waals surface area (Å²) in [4.78, 5) is 0. The number of nitrogens with zero attached hydrogens (tertiary/aromatic N) is 3. The van der Waals surface area contributed by atoms with Crippen LogP contribution in [0.5, 0.6) is 5.75 Å². The zero-order valence-electron chi connectivity index (χ0n) is 12.2. The summed E-state index contributed by atoms with van der Waals surface area (Å²) in [6, 6.07) is 16.0. The fraction of sp³-hybridized carbons (Fsp3) is 0.188. The minimum absolute atomic E-state index is 0.263. The summed E-state index contributed by atoms with van der Waals surface area (Å²) >= 11 is 0. The van der Waals surface area contributed by atoms with Gasteiger partial charge in [-0.15, -0.1) is 10.2 Å². The van der Waals surface area contributed by atoms with E-state index in [1.165, 1.54) is 0 Å². The Labute approximate surface area is 128 Å². The van der Waals surface area contributed by atoms with E-state index in [0.717, 1.165) is 22.4 Å². The van der Waals surface area contributed by atoms with Crippen LogP contribution >= 0.6 is 0 Å². The van der Waals surface area contributed by atoms with Crippen molar-refractivity contribution < 1.29 is 4.74 Å². The smallest absolute Gasteiger partial charge is 0.191 e. The molecule has 3 aromatic rings. The number of H-pyrrole nitrogens is 1. The van der Waals surface area contributed by atoms with Crippen LogP contribution in [0.1, 0.15) is 17.4 Å². The number of nitrogens with one attached hydrogen (secondary N) is 1. The Bertz CT molecular complexity index is 725. The van der Waals surface area contributed by atoms with Crippen molar-refractivity contribution in [2.75, 3.05) is 7.11 Å². The van der Waals surface area contributed by atoms with E-state index in [1.807, 2.05) is 18.2 Å². The normalized spacial score (nSPS) is 12.1. The second-order valence-electron chi connectivity index (χ2n) is 5.01. The van der Waals surface area contributed by atoms with Gasteiger partial charge in [-0.3, -0.25) is 0 Å². The summed E-state index contributed by atoms with van der Waals surface area (Å²) in [6.07, 6.45) is 0.665. The number of aromatic amines is 1. The Hall–Kier alpha value is -2.73. The number of methoxy groups -OCH3 is 1. The predicted molar refractivity (Wildman–Crippen MR) is 83.2 cm³/mol. The molecule has 0 saturated carbocycles. The molecule has 6 heteroatoms. The lowest BCUT2D eigenvalue weighted by Gasteiger charge is -2.09. The second-order valence-corrected chi connectivity index (χ2v) is 5.01. The van der Waals surface area contributed by atoms with Crippen molar-refractivity contribution in [2.24, 2.45) is 5.73 Å². The molecule has 0 aliphatic heterocycles. The van der Waals surface area contributed by atoms with E-state index >= 15 is 0 Å². The maximum Gasteiger partial charge on any atom is 0.191 e. The Balaban J connectivity index is 1.75. The van der Waals surface area contributed by atoms with Crippen molar-refractivity contribution in [3.63, 3.8) is 0 Å². The molecule has 0 aliphatic carbocycles. The molecule has 1 atom stereocenters. The van der Waals surface area contributed by atoms with Crippen molar-refractivity contribution in [1.82, 2.24) is 20.6 Å². The van der Waals surface area contributed by atoms with Gasteiger partial charge in [0.15, 0.2) is 5.82 Å². The Kier molecular flexibility index (Phi) is 4.11. The van der Waals surface area contributed by atoms with E-state index < -0.39 is 0 Å². The summed E-state index contributed by atoms with van der Waals surface area (Å²) < 4.78 is 5.25. The number of ether oxygens (including phenoxy) is 1. The van der Waals surface area contributed by atoms with Gasteiger partial charge in [0.1, 0.15) is 5.75 Å². The van der Waals surface area contributed by atoms with Gasteiger partial charge >= 0.3 is 0 Å². The van der Waals surface area contributed by atoms with Crippen LogP contribution in [0.4, 0.5) is 0 Å².